The van der Waals surface area contributed by atoms with Crippen LogP contribution in [-0.2, 0) is 4.74 Å². The highest BCUT2D eigenvalue weighted by Crippen LogP contribution is 2.27. The van der Waals surface area contributed by atoms with Crippen LogP contribution in [0.1, 0.15) is 30.9 Å². The molecule has 1 aliphatic heterocycles. The highest BCUT2D eigenvalue weighted by atomic mass is 79.9. The highest BCUT2D eigenvalue weighted by Gasteiger charge is 2.17. The Morgan fingerprint density at radius 2 is 2.33 bits per heavy atom. The van der Waals surface area contributed by atoms with Crippen LogP contribution < -0.4 is 5.73 Å². The SMILES string of the molecule is CN(CCC(N)c1ccc(Br)cc1Cl)CC1CCCOC1. The molecule has 1 heterocycles. The van der Waals surface area contributed by atoms with Crippen molar-refractivity contribution in [1.29, 1.82) is 0 Å². The van der Waals surface area contributed by atoms with Crippen molar-refractivity contribution in [2.75, 3.05) is 33.4 Å². The molecule has 2 unspecified atom stereocenters. The molecule has 0 saturated carbocycles. The lowest BCUT2D eigenvalue weighted by Crippen LogP contribution is -2.32. The van der Waals surface area contributed by atoms with Gasteiger partial charge in [0.05, 0.1) is 6.61 Å². The van der Waals surface area contributed by atoms with E-state index in [1.165, 1.54) is 12.8 Å². The lowest BCUT2D eigenvalue weighted by molar-refractivity contribution is 0.0417. The summed E-state index contributed by atoms with van der Waals surface area (Å²) in [5, 5.41) is 0.736. The fraction of sp³-hybridized carbons (Fsp3) is 0.625. The predicted octanol–water partition coefficient (Wildman–Crippen LogP) is 3.85. The fourth-order valence-electron chi connectivity index (χ4n) is 2.80. The summed E-state index contributed by atoms with van der Waals surface area (Å²) in [6.07, 6.45) is 3.37. The van der Waals surface area contributed by atoms with Gasteiger partial charge in [-0.1, -0.05) is 33.6 Å². The van der Waals surface area contributed by atoms with E-state index in [9.17, 15) is 0 Å². The van der Waals surface area contributed by atoms with Crippen molar-refractivity contribution < 1.29 is 4.74 Å². The van der Waals surface area contributed by atoms with Gasteiger partial charge in [-0.25, -0.2) is 0 Å². The molecule has 0 bridgehead atoms. The van der Waals surface area contributed by atoms with E-state index >= 15 is 0 Å². The third-order valence-corrected chi connectivity index (χ3v) is 4.83. The smallest absolute Gasteiger partial charge is 0.0506 e. The molecule has 3 nitrogen and oxygen atoms in total. The maximum atomic E-state index is 6.28. The molecule has 2 N–H and O–H groups in total. The molecule has 0 aliphatic carbocycles. The van der Waals surface area contributed by atoms with Crippen LogP contribution in [0.25, 0.3) is 0 Å². The van der Waals surface area contributed by atoms with Crippen molar-refractivity contribution in [3.8, 4) is 0 Å². The average Bonchev–Trinajstić information content (AvgIpc) is 2.46. The summed E-state index contributed by atoms with van der Waals surface area (Å²) >= 11 is 9.67. The highest BCUT2D eigenvalue weighted by molar-refractivity contribution is 9.10. The van der Waals surface area contributed by atoms with Gasteiger partial charge in [0.25, 0.3) is 0 Å². The van der Waals surface area contributed by atoms with Crippen molar-refractivity contribution in [2.45, 2.75) is 25.3 Å². The molecule has 2 rings (SSSR count). The maximum Gasteiger partial charge on any atom is 0.0506 e. The molecule has 5 heteroatoms. The van der Waals surface area contributed by atoms with Crippen LogP contribution in [0.15, 0.2) is 22.7 Å². The van der Waals surface area contributed by atoms with Crippen LogP contribution in [0.3, 0.4) is 0 Å². The Balaban J connectivity index is 1.78. The first-order valence-electron chi connectivity index (χ1n) is 7.53. The Labute approximate surface area is 140 Å². The van der Waals surface area contributed by atoms with Gasteiger partial charge in [0.1, 0.15) is 0 Å². The zero-order valence-electron chi connectivity index (χ0n) is 12.5. The summed E-state index contributed by atoms with van der Waals surface area (Å²) in [6.45, 7) is 3.88. The number of hydrogen-bond donors (Lipinski definition) is 1. The largest absolute Gasteiger partial charge is 0.381 e. The lowest BCUT2D eigenvalue weighted by atomic mass is 10.0. The number of ether oxygens (including phenoxy) is 1. The standard InChI is InChI=1S/C16H24BrClN2O/c1-20(10-12-3-2-8-21-11-12)7-6-16(19)14-5-4-13(17)9-15(14)18/h4-5,9,12,16H,2-3,6-8,10-11,19H2,1H3. The van der Waals surface area contributed by atoms with E-state index in [0.29, 0.717) is 5.92 Å². The van der Waals surface area contributed by atoms with Crippen LogP contribution in [0.2, 0.25) is 5.02 Å². The third-order valence-electron chi connectivity index (χ3n) is 4.01. The first kappa shape index (κ1) is 17.2. The number of nitrogens with zero attached hydrogens (tertiary/aromatic N) is 1. The number of benzene rings is 1. The number of hydrogen-bond acceptors (Lipinski definition) is 3. The molecule has 1 saturated heterocycles. The number of halogens is 2. The molecule has 1 fully saturated rings. The Morgan fingerprint density at radius 1 is 1.52 bits per heavy atom. The van der Waals surface area contributed by atoms with Gasteiger partial charge in [0, 0.05) is 28.7 Å². The Bertz CT molecular complexity index is 452. The number of rotatable bonds is 6. The van der Waals surface area contributed by atoms with Crippen molar-refractivity contribution in [3.63, 3.8) is 0 Å². The minimum atomic E-state index is -0.0179. The summed E-state index contributed by atoms with van der Waals surface area (Å²) in [4.78, 5) is 2.35. The molecule has 1 aliphatic rings. The summed E-state index contributed by atoms with van der Waals surface area (Å²) < 4.78 is 6.52. The molecule has 0 spiro atoms. The molecule has 0 aromatic heterocycles. The molecule has 21 heavy (non-hydrogen) atoms. The van der Waals surface area contributed by atoms with E-state index in [0.717, 1.165) is 47.8 Å². The first-order valence-corrected chi connectivity index (χ1v) is 8.70. The van der Waals surface area contributed by atoms with Gasteiger partial charge in [-0.2, -0.15) is 0 Å². The molecular weight excluding hydrogens is 352 g/mol. The third kappa shape index (κ3) is 5.53. The van der Waals surface area contributed by atoms with Crippen molar-refractivity contribution in [2.24, 2.45) is 11.7 Å². The van der Waals surface area contributed by atoms with E-state index in [4.69, 9.17) is 22.1 Å². The number of nitrogens with two attached hydrogens (primary N) is 1. The Hall–Kier alpha value is -0.130. The van der Waals surface area contributed by atoms with Crippen molar-refractivity contribution in [3.05, 3.63) is 33.3 Å². The minimum Gasteiger partial charge on any atom is -0.381 e. The molecule has 1 aromatic rings. The second-order valence-electron chi connectivity index (χ2n) is 5.91. The van der Waals surface area contributed by atoms with Gasteiger partial charge in [-0.15, -0.1) is 0 Å². The predicted molar refractivity (Wildman–Crippen MR) is 91.7 cm³/mol. The van der Waals surface area contributed by atoms with Gasteiger partial charge in [-0.05, 0) is 56.5 Å². The van der Waals surface area contributed by atoms with E-state index < -0.39 is 0 Å². The molecule has 118 valence electrons. The monoisotopic (exact) mass is 374 g/mol. The van der Waals surface area contributed by atoms with Gasteiger partial charge in [-0.3, -0.25) is 0 Å². The fourth-order valence-corrected chi connectivity index (χ4v) is 3.61. The lowest BCUT2D eigenvalue weighted by Gasteiger charge is -2.27. The second kappa shape index (κ2) is 8.49. The first-order chi connectivity index (χ1) is 10.1. The van der Waals surface area contributed by atoms with E-state index in [2.05, 4.69) is 27.9 Å². The quantitative estimate of drug-likeness (QED) is 0.820. The van der Waals surface area contributed by atoms with Crippen LogP contribution >= 0.6 is 27.5 Å². The Kier molecular flexibility index (Phi) is 6.96. The van der Waals surface area contributed by atoms with Gasteiger partial charge >= 0.3 is 0 Å². The molecule has 2 atom stereocenters. The van der Waals surface area contributed by atoms with Crippen molar-refractivity contribution in [1.82, 2.24) is 4.90 Å². The molecular formula is C16H24BrClN2O. The van der Waals surface area contributed by atoms with Gasteiger partial charge < -0.3 is 15.4 Å². The Morgan fingerprint density at radius 3 is 3.00 bits per heavy atom. The average molecular weight is 376 g/mol. The molecule has 0 radical (unpaired) electrons. The van der Waals surface area contributed by atoms with Gasteiger partial charge in [0.15, 0.2) is 0 Å². The summed E-state index contributed by atoms with van der Waals surface area (Å²) in [6, 6.07) is 5.88. The normalized spacial score (nSPS) is 20.7. The van der Waals surface area contributed by atoms with Crippen molar-refractivity contribution >= 4 is 27.5 Å². The minimum absolute atomic E-state index is 0.0179. The van der Waals surface area contributed by atoms with E-state index in [1.807, 2.05) is 18.2 Å². The topological polar surface area (TPSA) is 38.5 Å². The van der Waals surface area contributed by atoms with Crippen LogP contribution in [-0.4, -0.2) is 38.3 Å². The van der Waals surface area contributed by atoms with Crippen LogP contribution in [0.5, 0.6) is 0 Å². The summed E-state index contributed by atoms with van der Waals surface area (Å²) in [5.41, 5.74) is 7.30. The zero-order chi connectivity index (χ0) is 15.2. The van der Waals surface area contributed by atoms with E-state index in [1.54, 1.807) is 0 Å². The van der Waals surface area contributed by atoms with Gasteiger partial charge in [0.2, 0.25) is 0 Å². The van der Waals surface area contributed by atoms with Crippen LogP contribution in [0.4, 0.5) is 0 Å². The maximum absolute atomic E-state index is 6.28. The molecule has 1 aromatic carbocycles. The molecule has 0 amide bonds. The van der Waals surface area contributed by atoms with E-state index in [-0.39, 0.29) is 6.04 Å². The second-order valence-corrected chi connectivity index (χ2v) is 7.23. The zero-order valence-corrected chi connectivity index (χ0v) is 14.9. The van der Waals surface area contributed by atoms with Crippen LogP contribution in [0, 0.1) is 5.92 Å². The summed E-state index contributed by atoms with van der Waals surface area (Å²) in [5.74, 6) is 0.663. The summed E-state index contributed by atoms with van der Waals surface area (Å²) in [7, 11) is 2.16.